The van der Waals surface area contributed by atoms with Crippen molar-refractivity contribution in [2.45, 2.75) is 63.5 Å². The van der Waals surface area contributed by atoms with Crippen molar-refractivity contribution in [1.82, 2.24) is 15.4 Å². The molecule has 0 spiro atoms. The quantitative estimate of drug-likeness (QED) is 0.559. The summed E-state index contributed by atoms with van der Waals surface area (Å²) in [6, 6.07) is 4.07. The predicted octanol–water partition coefficient (Wildman–Crippen LogP) is 1.01. The fourth-order valence-electron chi connectivity index (χ4n) is 2.92. The van der Waals surface area contributed by atoms with Gasteiger partial charge in [-0.1, -0.05) is 6.07 Å². The van der Waals surface area contributed by atoms with Crippen LogP contribution in [-0.4, -0.2) is 45.0 Å². The zero-order chi connectivity index (χ0) is 21.6. The molecule has 10 heteroatoms. The van der Waals surface area contributed by atoms with E-state index in [9.17, 15) is 22.8 Å². The molecule has 0 heterocycles. The maximum atomic E-state index is 12.4. The SMILES string of the molecule is CC(C)NC(=O)NC(=O)[C@@H](C)OC(=O)CNS(=O)(=O)c1ccc2c(c1)CCCC2. The zero-order valence-electron chi connectivity index (χ0n) is 16.8. The van der Waals surface area contributed by atoms with E-state index in [2.05, 4.69) is 10.0 Å². The van der Waals surface area contributed by atoms with Crippen molar-refractivity contribution in [2.75, 3.05) is 6.54 Å². The van der Waals surface area contributed by atoms with Gasteiger partial charge in [0.25, 0.3) is 5.91 Å². The Morgan fingerprint density at radius 1 is 1.07 bits per heavy atom. The number of carbonyl (C=O) groups excluding carboxylic acids is 3. The molecule has 3 amide bonds. The van der Waals surface area contributed by atoms with Gasteiger partial charge in [-0.05, 0) is 69.7 Å². The number of nitrogens with one attached hydrogen (secondary N) is 3. The number of hydrogen-bond donors (Lipinski definition) is 3. The summed E-state index contributed by atoms with van der Waals surface area (Å²) < 4.78 is 31.9. The predicted molar refractivity (Wildman–Crippen MR) is 106 cm³/mol. The summed E-state index contributed by atoms with van der Waals surface area (Å²) in [5, 5.41) is 4.50. The van der Waals surface area contributed by atoms with Gasteiger partial charge < -0.3 is 10.1 Å². The first-order valence-electron chi connectivity index (χ1n) is 9.51. The molecular weight excluding hydrogens is 398 g/mol. The highest BCUT2D eigenvalue weighted by molar-refractivity contribution is 7.89. The third-order valence-electron chi connectivity index (χ3n) is 4.37. The van der Waals surface area contributed by atoms with E-state index in [-0.39, 0.29) is 10.9 Å². The van der Waals surface area contributed by atoms with Crippen molar-refractivity contribution in [3.63, 3.8) is 0 Å². The third kappa shape index (κ3) is 6.82. The van der Waals surface area contributed by atoms with Crippen LogP contribution >= 0.6 is 0 Å². The standard InChI is InChI=1S/C19H27N3O6S/c1-12(2)21-19(25)22-18(24)13(3)28-17(23)11-20-29(26,27)16-9-8-14-6-4-5-7-15(14)10-16/h8-10,12-13,20H,4-7,11H2,1-3H3,(H2,21,22,24,25)/t13-/m1/s1. The lowest BCUT2D eigenvalue weighted by Crippen LogP contribution is -2.47. The Balaban J connectivity index is 1.87. The number of rotatable bonds is 7. The Bertz CT molecular complexity index is 882. The maximum Gasteiger partial charge on any atom is 0.321 e. The first kappa shape index (κ1) is 22.8. The molecule has 0 unspecified atom stereocenters. The number of benzene rings is 1. The molecule has 0 saturated carbocycles. The van der Waals surface area contributed by atoms with Gasteiger partial charge in [-0.25, -0.2) is 13.2 Å². The lowest BCUT2D eigenvalue weighted by atomic mass is 9.92. The average molecular weight is 426 g/mol. The van der Waals surface area contributed by atoms with Gasteiger partial charge in [-0.3, -0.25) is 14.9 Å². The van der Waals surface area contributed by atoms with Crippen LogP contribution in [-0.2, 0) is 37.2 Å². The summed E-state index contributed by atoms with van der Waals surface area (Å²) in [5.41, 5.74) is 2.16. The van der Waals surface area contributed by atoms with Crippen LogP contribution in [0, 0.1) is 0 Å². The molecule has 1 aliphatic carbocycles. The van der Waals surface area contributed by atoms with Crippen molar-refractivity contribution in [2.24, 2.45) is 0 Å². The van der Waals surface area contributed by atoms with Crippen LogP contribution in [0.2, 0.25) is 0 Å². The van der Waals surface area contributed by atoms with Crippen LogP contribution in [0.15, 0.2) is 23.1 Å². The van der Waals surface area contributed by atoms with Gasteiger partial charge in [0, 0.05) is 6.04 Å². The van der Waals surface area contributed by atoms with Crippen LogP contribution in [0.5, 0.6) is 0 Å². The summed E-state index contributed by atoms with van der Waals surface area (Å²) >= 11 is 0. The molecule has 0 saturated heterocycles. The minimum atomic E-state index is -3.89. The second kappa shape index (κ2) is 9.84. The minimum Gasteiger partial charge on any atom is -0.452 e. The van der Waals surface area contributed by atoms with Crippen molar-refractivity contribution in [3.8, 4) is 0 Å². The normalized spacial score (nSPS) is 14.6. The molecule has 0 radical (unpaired) electrons. The number of aryl methyl sites for hydroxylation is 2. The monoisotopic (exact) mass is 425 g/mol. The Morgan fingerprint density at radius 3 is 2.38 bits per heavy atom. The van der Waals surface area contributed by atoms with Gasteiger partial charge in [0.1, 0.15) is 6.54 Å². The van der Waals surface area contributed by atoms with Gasteiger partial charge >= 0.3 is 12.0 Å². The topological polar surface area (TPSA) is 131 Å². The van der Waals surface area contributed by atoms with Gasteiger partial charge in [-0.15, -0.1) is 0 Å². The molecule has 0 aliphatic heterocycles. The van der Waals surface area contributed by atoms with E-state index in [1.54, 1.807) is 26.0 Å². The number of sulfonamides is 1. The van der Waals surface area contributed by atoms with Crippen molar-refractivity contribution in [1.29, 1.82) is 0 Å². The number of carbonyl (C=O) groups is 3. The van der Waals surface area contributed by atoms with E-state index in [0.29, 0.717) is 0 Å². The molecular formula is C19H27N3O6S. The Hall–Kier alpha value is -2.46. The molecule has 1 atom stereocenters. The second-order valence-electron chi connectivity index (χ2n) is 7.21. The minimum absolute atomic E-state index is 0.0853. The molecule has 3 N–H and O–H groups in total. The summed E-state index contributed by atoms with van der Waals surface area (Å²) in [6.45, 7) is 4.10. The molecule has 2 rings (SSSR count). The lowest BCUT2D eigenvalue weighted by molar-refractivity contribution is -0.153. The summed E-state index contributed by atoms with van der Waals surface area (Å²) in [5.74, 6) is -1.74. The highest BCUT2D eigenvalue weighted by Gasteiger charge is 2.23. The van der Waals surface area contributed by atoms with Crippen LogP contribution in [0.25, 0.3) is 0 Å². The molecule has 1 aromatic rings. The number of amides is 3. The third-order valence-corrected chi connectivity index (χ3v) is 5.77. The Kier molecular flexibility index (Phi) is 7.74. The van der Waals surface area contributed by atoms with Gasteiger partial charge in [-0.2, -0.15) is 4.72 Å². The van der Waals surface area contributed by atoms with Crippen molar-refractivity contribution < 1.29 is 27.5 Å². The smallest absolute Gasteiger partial charge is 0.321 e. The molecule has 160 valence electrons. The highest BCUT2D eigenvalue weighted by atomic mass is 32.2. The summed E-state index contributed by atoms with van der Waals surface area (Å²) in [4.78, 5) is 35.3. The van der Waals surface area contributed by atoms with Crippen LogP contribution in [0.4, 0.5) is 4.79 Å². The van der Waals surface area contributed by atoms with Gasteiger partial charge in [0.15, 0.2) is 6.10 Å². The van der Waals surface area contributed by atoms with E-state index in [1.165, 1.54) is 13.0 Å². The van der Waals surface area contributed by atoms with Gasteiger partial charge in [0.05, 0.1) is 4.90 Å². The van der Waals surface area contributed by atoms with E-state index < -0.39 is 40.6 Å². The largest absolute Gasteiger partial charge is 0.452 e. The average Bonchev–Trinajstić information content (AvgIpc) is 2.65. The summed E-state index contributed by atoms with van der Waals surface area (Å²) in [6.07, 6.45) is 2.62. The van der Waals surface area contributed by atoms with E-state index in [1.807, 2.05) is 5.32 Å². The zero-order valence-corrected chi connectivity index (χ0v) is 17.6. The second-order valence-corrected chi connectivity index (χ2v) is 8.98. The van der Waals surface area contributed by atoms with Crippen LogP contribution < -0.4 is 15.4 Å². The highest BCUT2D eigenvalue weighted by Crippen LogP contribution is 2.23. The number of urea groups is 1. The Morgan fingerprint density at radius 2 is 1.72 bits per heavy atom. The molecule has 29 heavy (non-hydrogen) atoms. The lowest BCUT2D eigenvalue weighted by Gasteiger charge is -2.17. The first-order chi connectivity index (χ1) is 13.6. The molecule has 1 aliphatic rings. The molecule has 0 aromatic heterocycles. The van der Waals surface area contributed by atoms with E-state index in [4.69, 9.17) is 4.74 Å². The molecule has 1 aromatic carbocycles. The molecule has 0 bridgehead atoms. The van der Waals surface area contributed by atoms with E-state index in [0.717, 1.165) is 36.8 Å². The van der Waals surface area contributed by atoms with E-state index >= 15 is 0 Å². The first-order valence-corrected chi connectivity index (χ1v) is 11.0. The number of ether oxygens (including phenoxy) is 1. The van der Waals surface area contributed by atoms with Crippen molar-refractivity contribution >= 4 is 27.9 Å². The van der Waals surface area contributed by atoms with Crippen LogP contribution in [0.3, 0.4) is 0 Å². The number of esters is 1. The number of fused-ring (bicyclic) bond motifs is 1. The number of imide groups is 1. The summed E-state index contributed by atoms with van der Waals surface area (Å²) in [7, 11) is -3.89. The molecule has 0 fully saturated rings. The fourth-order valence-corrected chi connectivity index (χ4v) is 3.94. The van der Waals surface area contributed by atoms with Gasteiger partial charge in [0.2, 0.25) is 10.0 Å². The molecule has 9 nitrogen and oxygen atoms in total. The van der Waals surface area contributed by atoms with Crippen molar-refractivity contribution in [3.05, 3.63) is 29.3 Å². The number of hydrogen-bond acceptors (Lipinski definition) is 6. The Labute approximate surface area is 170 Å². The van der Waals surface area contributed by atoms with Crippen LogP contribution in [0.1, 0.15) is 44.7 Å². The maximum absolute atomic E-state index is 12.4. The fraction of sp³-hybridized carbons (Fsp3) is 0.526.